The van der Waals surface area contributed by atoms with Gasteiger partial charge in [-0.25, -0.2) is 9.18 Å². The molecule has 1 aliphatic heterocycles. The third-order valence-corrected chi connectivity index (χ3v) is 6.05. The molecule has 0 aliphatic carbocycles. The number of anilines is 1. The molecule has 1 aromatic heterocycles. The number of benzene rings is 1. The molecule has 0 fully saturated rings. The molecule has 1 aromatic carbocycles. The van der Waals surface area contributed by atoms with Crippen molar-refractivity contribution < 1.29 is 18.7 Å². The molecule has 3 rings (SSSR count). The number of halogens is 1. The average molecular weight is 390 g/mol. The number of thiophene rings is 1. The second-order valence-corrected chi connectivity index (χ2v) is 8.87. The number of rotatable bonds is 3. The van der Waals surface area contributed by atoms with E-state index in [-0.39, 0.29) is 16.6 Å². The molecule has 27 heavy (non-hydrogen) atoms. The lowest BCUT2D eigenvalue weighted by Gasteiger charge is -2.42. The Morgan fingerprint density at radius 1 is 1.22 bits per heavy atom. The van der Waals surface area contributed by atoms with E-state index in [0.29, 0.717) is 17.0 Å². The Bertz CT molecular complexity index is 918. The van der Waals surface area contributed by atoms with E-state index < -0.39 is 17.7 Å². The minimum absolute atomic E-state index is 0.0718. The van der Waals surface area contributed by atoms with E-state index >= 15 is 0 Å². The van der Waals surface area contributed by atoms with Gasteiger partial charge in [-0.3, -0.25) is 4.79 Å². The highest BCUT2D eigenvalue weighted by Crippen LogP contribution is 2.45. The minimum Gasteiger partial charge on any atom is -0.465 e. The Kier molecular flexibility index (Phi) is 4.86. The smallest absolute Gasteiger partial charge is 0.341 e. The number of esters is 1. The number of hydrogen-bond donors (Lipinski definition) is 2. The zero-order chi connectivity index (χ0) is 20.0. The molecule has 2 heterocycles. The lowest BCUT2D eigenvalue weighted by atomic mass is 9.81. The first-order valence-corrected chi connectivity index (χ1v) is 9.47. The van der Waals surface area contributed by atoms with Gasteiger partial charge >= 0.3 is 5.97 Å². The number of nitrogens with one attached hydrogen (secondary N) is 2. The van der Waals surface area contributed by atoms with Crippen molar-refractivity contribution in [1.82, 2.24) is 5.32 Å². The van der Waals surface area contributed by atoms with Crippen molar-refractivity contribution in [3.05, 3.63) is 51.7 Å². The number of carbonyl (C=O) groups is 2. The SMILES string of the molecule is COC(=O)c1c(NC(=O)c2ccccc2F)sc2c1CC(C)(C)NC2(C)C. The molecular formula is C20H23FN2O3S. The van der Waals surface area contributed by atoms with E-state index in [2.05, 4.69) is 24.5 Å². The number of carbonyl (C=O) groups excluding carboxylic acids is 2. The van der Waals surface area contributed by atoms with Gasteiger partial charge in [0.1, 0.15) is 10.8 Å². The Morgan fingerprint density at radius 2 is 1.89 bits per heavy atom. The van der Waals surface area contributed by atoms with Gasteiger partial charge < -0.3 is 15.4 Å². The lowest BCUT2D eigenvalue weighted by molar-refractivity contribution is 0.0600. The topological polar surface area (TPSA) is 67.4 Å². The van der Waals surface area contributed by atoms with Crippen LogP contribution in [-0.2, 0) is 16.7 Å². The molecule has 0 atom stereocenters. The van der Waals surface area contributed by atoms with Crippen molar-refractivity contribution in [2.24, 2.45) is 0 Å². The summed E-state index contributed by atoms with van der Waals surface area (Å²) in [5, 5.41) is 6.66. The second-order valence-electron chi connectivity index (χ2n) is 7.85. The molecule has 2 aromatic rings. The van der Waals surface area contributed by atoms with E-state index in [1.807, 2.05) is 13.8 Å². The fourth-order valence-electron chi connectivity index (χ4n) is 3.75. The standard InChI is InChI=1S/C20H23FN2O3S/c1-19(2)10-12-14(18(25)26-5)17(27-15(12)20(3,4)23-19)22-16(24)11-8-6-7-9-13(11)21/h6-9,23H,10H2,1-5H3,(H,22,24). The van der Waals surface area contributed by atoms with Gasteiger partial charge in [0.05, 0.1) is 18.2 Å². The zero-order valence-corrected chi connectivity index (χ0v) is 16.8. The van der Waals surface area contributed by atoms with E-state index in [1.54, 1.807) is 6.07 Å². The zero-order valence-electron chi connectivity index (χ0n) is 16.0. The third-order valence-electron chi connectivity index (χ3n) is 4.58. The van der Waals surface area contributed by atoms with Gasteiger partial charge in [-0.05, 0) is 51.8 Å². The number of ether oxygens (including phenoxy) is 1. The number of fused-ring (bicyclic) bond motifs is 1. The summed E-state index contributed by atoms with van der Waals surface area (Å²) in [5.74, 6) is -1.72. The molecular weight excluding hydrogens is 367 g/mol. The summed E-state index contributed by atoms with van der Waals surface area (Å²) in [6, 6.07) is 5.75. The molecule has 2 N–H and O–H groups in total. The van der Waals surface area contributed by atoms with Gasteiger partial charge in [0.15, 0.2) is 0 Å². The minimum atomic E-state index is -0.612. The predicted molar refractivity (Wildman–Crippen MR) is 104 cm³/mol. The summed E-state index contributed by atoms with van der Waals surface area (Å²) in [5.41, 5.74) is 0.533. The molecule has 0 unspecified atom stereocenters. The van der Waals surface area contributed by atoms with E-state index in [0.717, 1.165) is 10.4 Å². The summed E-state index contributed by atoms with van der Waals surface area (Å²) < 4.78 is 18.9. The fraction of sp³-hybridized carbons (Fsp3) is 0.400. The van der Waals surface area contributed by atoms with Crippen molar-refractivity contribution in [1.29, 1.82) is 0 Å². The molecule has 5 nitrogen and oxygen atoms in total. The number of methoxy groups -OCH3 is 1. The maximum absolute atomic E-state index is 14.0. The molecule has 1 amide bonds. The molecule has 0 bridgehead atoms. The molecule has 7 heteroatoms. The molecule has 0 saturated heterocycles. The van der Waals surface area contributed by atoms with Crippen LogP contribution in [0.2, 0.25) is 0 Å². The van der Waals surface area contributed by atoms with Gasteiger partial charge in [-0.15, -0.1) is 11.3 Å². The van der Waals surface area contributed by atoms with Crippen LogP contribution in [0.15, 0.2) is 24.3 Å². The monoisotopic (exact) mass is 390 g/mol. The van der Waals surface area contributed by atoms with Crippen LogP contribution in [0.4, 0.5) is 9.39 Å². The molecule has 0 radical (unpaired) electrons. The highest BCUT2D eigenvalue weighted by Gasteiger charge is 2.42. The lowest BCUT2D eigenvalue weighted by Crippen LogP contribution is -2.55. The number of amides is 1. The Hall–Kier alpha value is -2.25. The highest BCUT2D eigenvalue weighted by molar-refractivity contribution is 7.17. The molecule has 1 aliphatic rings. The summed E-state index contributed by atoms with van der Waals surface area (Å²) in [4.78, 5) is 26.1. The van der Waals surface area contributed by atoms with Crippen LogP contribution in [0.25, 0.3) is 0 Å². The van der Waals surface area contributed by atoms with Crippen LogP contribution in [0.1, 0.15) is 58.9 Å². The van der Waals surface area contributed by atoms with E-state index in [4.69, 9.17) is 4.74 Å². The largest absolute Gasteiger partial charge is 0.465 e. The second kappa shape index (κ2) is 6.73. The van der Waals surface area contributed by atoms with Crippen molar-refractivity contribution in [2.45, 2.75) is 45.2 Å². The quantitative estimate of drug-likeness (QED) is 0.775. The molecule has 0 saturated carbocycles. The first-order valence-electron chi connectivity index (χ1n) is 8.65. The fourth-order valence-corrected chi connectivity index (χ4v) is 5.01. The van der Waals surface area contributed by atoms with Gasteiger partial charge in [0.2, 0.25) is 0 Å². The van der Waals surface area contributed by atoms with Gasteiger partial charge in [0, 0.05) is 16.0 Å². The van der Waals surface area contributed by atoms with E-state index in [9.17, 15) is 14.0 Å². The van der Waals surface area contributed by atoms with Crippen LogP contribution in [0, 0.1) is 5.82 Å². The first-order chi connectivity index (χ1) is 12.6. The summed E-state index contributed by atoms with van der Waals surface area (Å²) in [7, 11) is 1.31. The third kappa shape index (κ3) is 3.61. The van der Waals surface area contributed by atoms with Gasteiger partial charge in [-0.1, -0.05) is 12.1 Å². The maximum atomic E-state index is 14.0. The van der Waals surface area contributed by atoms with E-state index in [1.165, 1.54) is 36.6 Å². The van der Waals surface area contributed by atoms with Crippen molar-refractivity contribution in [2.75, 3.05) is 12.4 Å². The van der Waals surface area contributed by atoms with Crippen LogP contribution in [-0.4, -0.2) is 24.5 Å². The van der Waals surface area contributed by atoms with Gasteiger partial charge in [0.25, 0.3) is 5.91 Å². The highest BCUT2D eigenvalue weighted by atomic mass is 32.1. The van der Waals surface area contributed by atoms with Crippen LogP contribution < -0.4 is 10.6 Å². The predicted octanol–water partition coefficient (Wildman–Crippen LogP) is 4.09. The summed E-state index contributed by atoms with van der Waals surface area (Å²) in [6.07, 6.45) is 0.613. The van der Waals surface area contributed by atoms with Crippen molar-refractivity contribution >= 4 is 28.2 Å². The molecule has 0 spiro atoms. The van der Waals surface area contributed by atoms with Gasteiger partial charge in [-0.2, -0.15) is 0 Å². The van der Waals surface area contributed by atoms with Crippen LogP contribution >= 0.6 is 11.3 Å². The summed E-state index contributed by atoms with van der Waals surface area (Å²) >= 11 is 1.32. The first kappa shape index (κ1) is 19.5. The van der Waals surface area contributed by atoms with Crippen molar-refractivity contribution in [3.63, 3.8) is 0 Å². The average Bonchev–Trinajstić information content (AvgIpc) is 2.91. The van der Waals surface area contributed by atoms with Crippen LogP contribution in [0.5, 0.6) is 0 Å². The Morgan fingerprint density at radius 3 is 2.52 bits per heavy atom. The number of hydrogen-bond acceptors (Lipinski definition) is 5. The Labute approximate surface area is 161 Å². The molecule has 144 valence electrons. The maximum Gasteiger partial charge on any atom is 0.341 e. The van der Waals surface area contributed by atoms with Crippen molar-refractivity contribution in [3.8, 4) is 0 Å². The van der Waals surface area contributed by atoms with Crippen LogP contribution in [0.3, 0.4) is 0 Å². The summed E-state index contributed by atoms with van der Waals surface area (Å²) in [6.45, 7) is 8.20. The Balaban J connectivity index is 2.09. The normalized spacial score (nSPS) is 17.1.